The standard InChI is InChI=1S/C20H31N3O3S2/c1-3-26-18-11-10-16(14-19(18)28(24,25)23-12-6-7-13-23)21-20(27)22-17-9-5-4-8-15(17)2/h10-11,14-15,17H,3-9,12-13H2,1-2H3,(H2,21,22,27)/t15-,17+/m1/s1. The highest BCUT2D eigenvalue weighted by molar-refractivity contribution is 7.89. The van der Waals surface area contributed by atoms with Crippen molar-refractivity contribution in [1.29, 1.82) is 0 Å². The average Bonchev–Trinajstić information content (AvgIpc) is 3.20. The molecule has 8 heteroatoms. The number of nitrogens with zero attached hydrogens (tertiary/aromatic N) is 1. The van der Waals surface area contributed by atoms with Crippen molar-refractivity contribution in [3.63, 3.8) is 0 Å². The van der Waals surface area contributed by atoms with Gasteiger partial charge in [0.05, 0.1) is 6.61 Å². The second kappa shape index (κ2) is 9.41. The van der Waals surface area contributed by atoms with E-state index < -0.39 is 10.0 Å². The van der Waals surface area contributed by atoms with Crippen LogP contribution in [-0.4, -0.2) is 43.6 Å². The Balaban J connectivity index is 1.77. The summed E-state index contributed by atoms with van der Waals surface area (Å²) in [5.74, 6) is 0.972. The van der Waals surface area contributed by atoms with Gasteiger partial charge >= 0.3 is 0 Å². The molecule has 1 aliphatic heterocycles. The Morgan fingerprint density at radius 1 is 1.21 bits per heavy atom. The van der Waals surface area contributed by atoms with Crippen LogP contribution >= 0.6 is 12.2 Å². The first-order valence-corrected chi connectivity index (χ1v) is 12.1. The van der Waals surface area contributed by atoms with E-state index in [2.05, 4.69) is 17.6 Å². The summed E-state index contributed by atoms with van der Waals surface area (Å²) in [6.45, 7) is 5.63. The molecule has 1 heterocycles. The zero-order valence-corrected chi connectivity index (χ0v) is 18.4. The third kappa shape index (κ3) is 4.96. The summed E-state index contributed by atoms with van der Waals surface area (Å²) in [4.78, 5) is 0.204. The number of sulfonamides is 1. The van der Waals surface area contributed by atoms with Crippen LogP contribution in [0.15, 0.2) is 23.1 Å². The molecule has 1 saturated heterocycles. The Labute approximate surface area is 174 Å². The first kappa shape index (κ1) is 21.3. The minimum Gasteiger partial charge on any atom is -0.492 e. The summed E-state index contributed by atoms with van der Waals surface area (Å²) < 4.78 is 33.3. The zero-order chi connectivity index (χ0) is 20.1. The first-order chi connectivity index (χ1) is 13.4. The van der Waals surface area contributed by atoms with Crippen LogP contribution in [0, 0.1) is 5.92 Å². The van der Waals surface area contributed by atoms with E-state index in [1.54, 1.807) is 12.1 Å². The molecule has 0 unspecified atom stereocenters. The number of benzene rings is 1. The van der Waals surface area contributed by atoms with Crippen molar-refractivity contribution < 1.29 is 13.2 Å². The van der Waals surface area contributed by atoms with Gasteiger partial charge in [-0.2, -0.15) is 4.31 Å². The van der Waals surface area contributed by atoms with Crippen LogP contribution in [0.2, 0.25) is 0 Å². The van der Waals surface area contributed by atoms with E-state index >= 15 is 0 Å². The lowest BCUT2D eigenvalue weighted by molar-refractivity contribution is 0.309. The maximum absolute atomic E-state index is 13.1. The van der Waals surface area contributed by atoms with E-state index in [0.29, 0.717) is 48.2 Å². The summed E-state index contributed by atoms with van der Waals surface area (Å²) in [6, 6.07) is 5.52. The second-order valence-electron chi connectivity index (χ2n) is 7.67. The summed E-state index contributed by atoms with van der Waals surface area (Å²) in [5, 5.41) is 7.10. The molecule has 0 aromatic heterocycles. The number of ether oxygens (including phenoxy) is 1. The molecule has 1 aliphatic carbocycles. The van der Waals surface area contributed by atoms with Crippen LogP contribution in [0.25, 0.3) is 0 Å². The molecule has 1 aromatic rings. The number of rotatable bonds is 6. The molecule has 3 rings (SSSR count). The van der Waals surface area contributed by atoms with Gasteiger partial charge in [0.25, 0.3) is 0 Å². The Bertz CT molecular complexity index is 792. The summed E-state index contributed by atoms with van der Waals surface area (Å²) >= 11 is 5.48. The number of thiocarbonyl (C=S) groups is 1. The fourth-order valence-corrected chi connectivity index (χ4v) is 5.94. The Morgan fingerprint density at radius 3 is 2.61 bits per heavy atom. The Kier molecular flexibility index (Phi) is 7.17. The van der Waals surface area contributed by atoms with Crippen LogP contribution in [0.3, 0.4) is 0 Å². The molecule has 0 spiro atoms. The highest BCUT2D eigenvalue weighted by atomic mass is 32.2. The van der Waals surface area contributed by atoms with Gasteiger partial charge in [-0.05, 0) is 68.9 Å². The maximum Gasteiger partial charge on any atom is 0.246 e. The van der Waals surface area contributed by atoms with Crippen molar-refractivity contribution in [3.05, 3.63) is 18.2 Å². The lowest BCUT2D eigenvalue weighted by atomic mass is 9.86. The van der Waals surface area contributed by atoms with E-state index in [1.165, 1.54) is 23.6 Å². The lowest BCUT2D eigenvalue weighted by Gasteiger charge is -2.30. The average molecular weight is 426 g/mol. The minimum atomic E-state index is -3.58. The van der Waals surface area contributed by atoms with Crippen LogP contribution in [0.5, 0.6) is 5.75 Å². The largest absolute Gasteiger partial charge is 0.492 e. The van der Waals surface area contributed by atoms with Crippen LogP contribution < -0.4 is 15.4 Å². The summed E-state index contributed by atoms with van der Waals surface area (Å²) in [6.07, 6.45) is 6.61. The maximum atomic E-state index is 13.1. The third-order valence-electron chi connectivity index (χ3n) is 5.61. The number of hydrogen-bond acceptors (Lipinski definition) is 4. The van der Waals surface area contributed by atoms with Gasteiger partial charge in [-0.15, -0.1) is 0 Å². The molecule has 2 fully saturated rings. The van der Waals surface area contributed by atoms with Crippen molar-refractivity contribution in [2.75, 3.05) is 25.0 Å². The molecule has 2 aliphatic rings. The number of nitrogens with one attached hydrogen (secondary N) is 2. The van der Waals surface area contributed by atoms with Gasteiger partial charge in [0.2, 0.25) is 10.0 Å². The van der Waals surface area contributed by atoms with Crippen molar-refractivity contribution >= 4 is 33.0 Å². The van der Waals surface area contributed by atoms with Crippen LogP contribution in [0.1, 0.15) is 52.4 Å². The normalized spacial score (nSPS) is 23.4. The first-order valence-electron chi connectivity index (χ1n) is 10.3. The fourth-order valence-electron chi connectivity index (χ4n) is 4.00. The van der Waals surface area contributed by atoms with Crippen molar-refractivity contribution in [2.45, 2.75) is 63.3 Å². The minimum absolute atomic E-state index is 0.204. The van der Waals surface area contributed by atoms with Crippen molar-refractivity contribution in [3.8, 4) is 5.75 Å². The molecular formula is C20H31N3O3S2. The Morgan fingerprint density at radius 2 is 1.93 bits per heavy atom. The molecule has 2 N–H and O–H groups in total. The predicted molar refractivity (Wildman–Crippen MR) is 116 cm³/mol. The van der Waals surface area contributed by atoms with Crippen molar-refractivity contribution in [2.24, 2.45) is 5.92 Å². The summed E-state index contributed by atoms with van der Waals surface area (Å²) in [7, 11) is -3.58. The quantitative estimate of drug-likeness (QED) is 0.677. The molecule has 156 valence electrons. The molecule has 6 nitrogen and oxygen atoms in total. The lowest BCUT2D eigenvalue weighted by Crippen LogP contribution is -2.43. The number of hydrogen-bond donors (Lipinski definition) is 2. The van der Waals surface area contributed by atoms with E-state index in [4.69, 9.17) is 17.0 Å². The van der Waals surface area contributed by atoms with E-state index in [9.17, 15) is 8.42 Å². The van der Waals surface area contributed by atoms with Crippen LogP contribution in [-0.2, 0) is 10.0 Å². The second-order valence-corrected chi connectivity index (χ2v) is 9.99. The third-order valence-corrected chi connectivity index (χ3v) is 7.75. The molecule has 2 atom stereocenters. The monoisotopic (exact) mass is 425 g/mol. The molecule has 1 saturated carbocycles. The van der Waals surface area contributed by atoms with Gasteiger partial charge in [-0.25, -0.2) is 8.42 Å². The van der Waals surface area contributed by atoms with E-state index in [0.717, 1.165) is 19.3 Å². The smallest absolute Gasteiger partial charge is 0.246 e. The van der Waals surface area contributed by atoms with Gasteiger partial charge in [0.1, 0.15) is 10.6 Å². The zero-order valence-electron chi connectivity index (χ0n) is 16.7. The van der Waals surface area contributed by atoms with Gasteiger partial charge in [-0.3, -0.25) is 0 Å². The topological polar surface area (TPSA) is 70.7 Å². The SMILES string of the molecule is CCOc1ccc(NC(=S)N[C@H]2CCCC[C@H]2C)cc1S(=O)(=O)N1CCCC1. The Hall–Kier alpha value is -1.38. The predicted octanol–water partition coefficient (Wildman–Crippen LogP) is 3.73. The molecule has 28 heavy (non-hydrogen) atoms. The summed E-state index contributed by atoms with van der Waals surface area (Å²) in [5.41, 5.74) is 0.655. The van der Waals surface area contributed by atoms with Crippen LogP contribution in [0.4, 0.5) is 5.69 Å². The van der Waals surface area contributed by atoms with Gasteiger partial charge in [-0.1, -0.05) is 19.8 Å². The van der Waals surface area contributed by atoms with Crippen molar-refractivity contribution in [1.82, 2.24) is 9.62 Å². The molecule has 0 amide bonds. The highest BCUT2D eigenvalue weighted by Crippen LogP contribution is 2.32. The highest BCUT2D eigenvalue weighted by Gasteiger charge is 2.30. The molecule has 1 aromatic carbocycles. The fraction of sp³-hybridized carbons (Fsp3) is 0.650. The van der Waals surface area contributed by atoms with E-state index in [1.807, 2.05) is 13.0 Å². The van der Waals surface area contributed by atoms with Gasteiger partial charge in [0, 0.05) is 24.8 Å². The molecule has 0 bridgehead atoms. The van der Waals surface area contributed by atoms with E-state index in [-0.39, 0.29) is 4.90 Å². The molecule has 0 radical (unpaired) electrons. The van der Waals surface area contributed by atoms with Gasteiger partial charge in [0.15, 0.2) is 5.11 Å². The molecular weight excluding hydrogens is 394 g/mol. The number of anilines is 1. The van der Waals surface area contributed by atoms with Gasteiger partial charge < -0.3 is 15.4 Å².